The molecule has 5 heteroatoms. The van der Waals surface area contributed by atoms with Crippen molar-refractivity contribution in [3.05, 3.63) is 29.6 Å². The molecule has 0 atom stereocenters. The summed E-state index contributed by atoms with van der Waals surface area (Å²) in [6.45, 7) is 0.696. The van der Waals surface area contributed by atoms with Crippen molar-refractivity contribution in [1.29, 1.82) is 0 Å². The van der Waals surface area contributed by atoms with E-state index in [0.29, 0.717) is 12.2 Å². The van der Waals surface area contributed by atoms with Gasteiger partial charge in [0.1, 0.15) is 5.82 Å². The van der Waals surface area contributed by atoms with Crippen LogP contribution in [-0.4, -0.2) is 29.3 Å². The van der Waals surface area contributed by atoms with Gasteiger partial charge in [0.25, 0.3) is 0 Å². The van der Waals surface area contributed by atoms with E-state index >= 15 is 0 Å². The molecular weight excluding hydrogens is 261 g/mol. The molecule has 1 aliphatic carbocycles. The number of carboxylic acid groups (broad SMARTS) is 1. The second kappa shape index (κ2) is 6.22. The molecule has 0 aromatic heterocycles. The summed E-state index contributed by atoms with van der Waals surface area (Å²) in [6, 6.07) is 3.97. The highest BCUT2D eigenvalue weighted by Crippen LogP contribution is 2.36. The second-order valence-electron chi connectivity index (χ2n) is 5.57. The standard InChI is InChI=1S/C15H20FNO3/c16-13-5-4-11(8-12(13)14(19)20)17-9-15(10-18)6-2-1-3-7-15/h4-5,8,17-18H,1-3,6-7,9-10H2,(H,19,20). The lowest BCUT2D eigenvalue weighted by atomic mass is 9.74. The Bertz CT molecular complexity index is 484. The smallest absolute Gasteiger partial charge is 0.338 e. The van der Waals surface area contributed by atoms with Gasteiger partial charge in [-0.3, -0.25) is 0 Å². The highest BCUT2D eigenvalue weighted by atomic mass is 19.1. The van der Waals surface area contributed by atoms with Crippen LogP contribution in [0.25, 0.3) is 0 Å². The fraction of sp³-hybridized carbons (Fsp3) is 0.533. The van der Waals surface area contributed by atoms with Crippen LogP contribution in [0.15, 0.2) is 18.2 Å². The number of anilines is 1. The molecule has 110 valence electrons. The third kappa shape index (κ3) is 3.28. The number of halogens is 1. The Morgan fingerprint density at radius 3 is 2.60 bits per heavy atom. The number of benzene rings is 1. The first-order chi connectivity index (χ1) is 9.56. The zero-order valence-electron chi connectivity index (χ0n) is 11.4. The van der Waals surface area contributed by atoms with Gasteiger partial charge in [-0.05, 0) is 31.0 Å². The fourth-order valence-corrected chi connectivity index (χ4v) is 2.78. The van der Waals surface area contributed by atoms with Crippen molar-refractivity contribution < 1.29 is 19.4 Å². The summed E-state index contributed by atoms with van der Waals surface area (Å²) in [5.74, 6) is -2.02. The monoisotopic (exact) mass is 281 g/mol. The van der Waals surface area contributed by atoms with E-state index in [9.17, 15) is 14.3 Å². The molecule has 1 aromatic rings. The van der Waals surface area contributed by atoms with Gasteiger partial charge in [-0.25, -0.2) is 9.18 Å². The zero-order chi connectivity index (χ0) is 14.6. The number of aliphatic hydroxyl groups excluding tert-OH is 1. The van der Waals surface area contributed by atoms with Crippen molar-refractivity contribution in [2.24, 2.45) is 5.41 Å². The van der Waals surface area contributed by atoms with Crippen LogP contribution in [0.1, 0.15) is 42.5 Å². The van der Waals surface area contributed by atoms with Crippen molar-refractivity contribution in [2.45, 2.75) is 32.1 Å². The van der Waals surface area contributed by atoms with Crippen molar-refractivity contribution in [3.63, 3.8) is 0 Å². The lowest BCUT2D eigenvalue weighted by molar-refractivity contribution is 0.0692. The van der Waals surface area contributed by atoms with Crippen molar-refractivity contribution in [1.82, 2.24) is 0 Å². The molecule has 0 saturated heterocycles. The molecule has 0 radical (unpaired) electrons. The lowest BCUT2D eigenvalue weighted by Crippen LogP contribution is -2.35. The van der Waals surface area contributed by atoms with Gasteiger partial charge in [-0.1, -0.05) is 19.3 Å². The zero-order valence-corrected chi connectivity index (χ0v) is 11.4. The van der Waals surface area contributed by atoms with Gasteiger partial charge in [0.15, 0.2) is 0 Å². The Labute approximate surface area is 117 Å². The van der Waals surface area contributed by atoms with Gasteiger partial charge in [0, 0.05) is 17.6 Å². The van der Waals surface area contributed by atoms with E-state index in [1.807, 2.05) is 0 Å². The number of nitrogens with one attached hydrogen (secondary N) is 1. The highest BCUT2D eigenvalue weighted by molar-refractivity contribution is 5.89. The molecule has 0 heterocycles. The molecular formula is C15H20FNO3. The first-order valence-corrected chi connectivity index (χ1v) is 6.94. The minimum atomic E-state index is -1.28. The number of hydrogen-bond acceptors (Lipinski definition) is 3. The van der Waals surface area contributed by atoms with Crippen LogP contribution in [0.2, 0.25) is 0 Å². The third-order valence-corrected chi connectivity index (χ3v) is 4.11. The van der Waals surface area contributed by atoms with Gasteiger partial charge in [0.2, 0.25) is 0 Å². The Balaban J connectivity index is 2.06. The Morgan fingerprint density at radius 1 is 1.30 bits per heavy atom. The molecule has 1 saturated carbocycles. The maximum Gasteiger partial charge on any atom is 0.338 e. The molecule has 1 aliphatic rings. The van der Waals surface area contributed by atoms with Gasteiger partial charge in [-0.2, -0.15) is 0 Å². The van der Waals surface area contributed by atoms with E-state index in [2.05, 4.69) is 5.32 Å². The molecule has 2 rings (SSSR count). The van der Waals surface area contributed by atoms with E-state index in [0.717, 1.165) is 31.7 Å². The van der Waals surface area contributed by atoms with Gasteiger partial charge >= 0.3 is 5.97 Å². The Morgan fingerprint density at radius 2 is 2.00 bits per heavy atom. The summed E-state index contributed by atoms with van der Waals surface area (Å²) in [6.07, 6.45) is 5.33. The van der Waals surface area contributed by atoms with Crippen LogP contribution < -0.4 is 5.32 Å². The summed E-state index contributed by atoms with van der Waals surface area (Å²) in [4.78, 5) is 10.9. The van der Waals surface area contributed by atoms with Gasteiger partial charge in [0.05, 0.1) is 12.2 Å². The summed E-state index contributed by atoms with van der Waals surface area (Å²) in [5, 5.41) is 21.6. The van der Waals surface area contributed by atoms with E-state index < -0.39 is 11.8 Å². The highest BCUT2D eigenvalue weighted by Gasteiger charge is 2.31. The maximum atomic E-state index is 13.3. The normalized spacial score (nSPS) is 17.7. The van der Waals surface area contributed by atoms with Crippen LogP contribution in [0.3, 0.4) is 0 Å². The van der Waals surface area contributed by atoms with E-state index in [4.69, 9.17) is 5.11 Å². The average molecular weight is 281 g/mol. The third-order valence-electron chi connectivity index (χ3n) is 4.11. The molecule has 0 spiro atoms. The van der Waals surface area contributed by atoms with Crippen LogP contribution in [0, 0.1) is 11.2 Å². The van der Waals surface area contributed by atoms with Crippen LogP contribution in [0.4, 0.5) is 10.1 Å². The number of hydrogen-bond donors (Lipinski definition) is 3. The summed E-state index contributed by atoms with van der Waals surface area (Å²) >= 11 is 0. The largest absolute Gasteiger partial charge is 0.478 e. The quantitative estimate of drug-likeness (QED) is 0.776. The van der Waals surface area contributed by atoms with E-state index in [1.165, 1.54) is 18.6 Å². The summed E-state index contributed by atoms with van der Waals surface area (Å²) in [5.41, 5.74) is 0.0923. The molecule has 20 heavy (non-hydrogen) atoms. The Kier molecular flexibility index (Phi) is 4.60. The molecule has 0 amide bonds. The second-order valence-corrected chi connectivity index (χ2v) is 5.57. The summed E-state index contributed by atoms with van der Waals surface area (Å²) in [7, 11) is 0. The minimum absolute atomic E-state index is 0.118. The number of carbonyl (C=O) groups is 1. The lowest BCUT2D eigenvalue weighted by Gasteiger charge is -2.36. The molecule has 4 nitrogen and oxygen atoms in total. The maximum absolute atomic E-state index is 13.3. The van der Waals surface area contributed by atoms with Crippen LogP contribution >= 0.6 is 0 Å². The molecule has 1 fully saturated rings. The fourth-order valence-electron chi connectivity index (χ4n) is 2.78. The molecule has 3 N–H and O–H groups in total. The predicted octanol–water partition coefficient (Wildman–Crippen LogP) is 2.88. The van der Waals surface area contributed by atoms with Gasteiger partial charge < -0.3 is 15.5 Å². The predicted molar refractivity (Wildman–Crippen MR) is 74.5 cm³/mol. The number of aliphatic hydroxyl groups is 1. The SMILES string of the molecule is O=C(O)c1cc(NCC2(CO)CCCCC2)ccc1F. The first kappa shape index (κ1) is 14.8. The van der Waals surface area contributed by atoms with Crippen molar-refractivity contribution >= 4 is 11.7 Å². The van der Waals surface area contributed by atoms with Crippen LogP contribution in [-0.2, 0) is 0 Å². The number of rotatable bonds is 5. The van der Waals surface area contributed by atoms with E-state index in [-0.39, 0.29) is 17.6 Å². The molecule has 0 bridgehead atoms. The number of carboxylic acids is 1. The number of aromatic carboxylic acids is 1. The topological polar surface area (TPSA) is 69.6 Å². The molecule has 1 aromatic carbocycles. The van der Waals surface area contributed by atoms with E-state index in [1.54, 1.807) is 0 Å². The van der Waals surface area contributed by atoms with Crippen molar-refractivity contribution in [2.75, 3.05) is 18.5 Å². The van der Waals surface area contributed by atoms with Gasteiger partial charge in [-0.15, -0.1) is 0 Å². The molecule has 0 unspecified atom stereocenters. The Hall–Kier alpha value is -1.62. The summed E-state index contributed by atoms with van der Waals surface area (Å²) < 4.78 is 13.3. The molecule has 0 aliphatic heterocycles. The minimum Gasteiger partial charge on any atom is -0.478 e. The first-order valence-electron chi connectivity index (χ1n) is 6.94. The van der Waals surface area contributed by atoms with Crippen molar-refractivity contribution in [3.8, 4) is 0 Å². The average Bonchev–Trinajstić information content (AvgIpc) is 2.47. The van der Waals surface area contributed by atoms with Crippen LogP contribution in [0.5, 0.6) is 0 Å².